The fourth-order valence-electron chi connectivity index (χ4n) is 0.965. The molecule has 0 bridgehead atoms. The predicted molar refractivity (Wildman–Crippen MR) is 49.9 cm³/mol. The summed E-state index contributed by atoms with van der Waals surface area (Å²) in [5, 5.41) is 1.28. The molecule has 6 nitrogen and oxygen atoms in total. The molecule has 0 unspecified atom stereocenters. The predicted octanol–water partition coefficient (Wildman–Crippen LogP) is -0.955. The van der Waals surface area contributed by atoms with E-state index in [1.165, 1.54) is 5.38 Å². The van der Waals surface area contributed by atoms with E-state index in [9.17, 15) is 14.4 Å². The highest BCUT2D eigenvalue weighted by atomic mass is 32.1. The van der Waals surface area contributed by atoms with Crippen LogP contribution in [0.5, 0.6) is 0 Å². The Morgan fingerprint density at radius 3 is 1.93 bits per heavy atom. The Morgan fingerprint density at radius 2 is 1.57 bits per heavy atom. The lowest BCUT2D eigenvalue weighted by molar-refractivity contribution is 0.0957. The van der Waals surface area contributed by atoms with E-state index in [-0.39, 0.29) is 16.0 Å². The summed E-state index contributed by atoms with van der Waals surface area (Å²) in [7, 11) is 0. The van der Waals surface area contributed by atoms with Gasteiger partial charge in [0, 0.05) is 5.38 Å². The fourth-order valence-corrected chi connectivity index (χ4v) is 1.88. The number of hydrogen-bond donors (Lipinski definition) is 3. The van der Waals surface area contributed by atoms with Gasteiger partial charge in [-0.05, 0) is 0 Å². The summed E-state index contributed by atoms with van der Waals surface area (Å²) in [4.78, 5) is 32.5. The first-order valence-corrected chi connectivity index (χ1v) is 4.34. The second kappa shape index (κ2) is 3.46. The molecule has 1 rings (SSSR count). The molecule has 0 aliphatic carbocycles. The normalized spacial score (nSPS) is 9.71. The number of hydrogen-bond acceptors (Lipinski definition) is 4. The molecule has 74 valence electrons. The largest absolute Gasteiger partial charge is 0.366 e. The van der Waals surface area contributed by atoms with Gasteiger partial charge in [0.2, 0.25) is 5.91 Å². The number of carbonyl (C=O) groups is 3. The van der Waals surface area contributed by atoms with Gasteiger partial charge in [-0.1, -0.05) is 0 Å². The zero-order valence-corrected chi connectivity index (χ0v) is 7.76. The molecule has 0 spiro atoms. The summed E-state index contributed by atoms with van der Waals surface area (Å²) in [6.07, 6.45) is 0. The number of primary amides is 3. The van der Waals surface area contributed by atoms with Crippen molar-refractivity contribution in [3.8, 4) is 0 Å². The Labute approximate surface area is 82.7 Å². The number of carbonyl (C=O) groups excluding carboxylic acids is 3. The first kappa shape index (κ1) is 10.2. The highest BCUT2D eigenvalue weighted by molar-refractivity contribution is 7.12. The van der Waals surface area contributed by atoms with Crippen LogP contribution in [0.3, 0.4) is 0 Å². The molecule has 7 heteroatoms. The van der Waals surface area contributed by atoms with E-state index in [2.05, 4.69) is 0 Å². The van der Waals surface area contributed by atoms with Crippen LogP contribution in [0.15, 0.2) is 5.38 Å². The molecule has 0 aliphatic rings. The van der Waals surface area contributed by atoms with Crippen molar-refractivity contribution in [2.45, 2.75) is 0 Å². The van der Waals surface area contributed by atoms with E-state index in [4.69, 9.17) is 17.2 Å². The monoisotopic (exact) mass is 213 g/mol. The summed E-state index contributed by atoms with van der Waals surface area (Å²) in [5.41, 5.74) is 14.7. The molecule has 14 heavy (non-hydrogen) atoms. The van der Waals surface area contributed by atoms with Crippen LogP contribution in [0.2, 0.25) is 0 Å². The van der Waals surface area contributed by atoms with E-state index in [1.807, 2.05) is 0 Å². The van der Waals surface area contributed by atoms with Crippen molar-refractivity contribution >= 4 is 29.1 Å². The third-order valence-electron chi connectivity index (χ3n) is 1.53. The molecule has 1 aromatic rings. The van der Waals surface area contributed by atoms with Crippen LogP contribution >= 0.6 is 11.3 Å². The molecule has 0 saturated carbocycles. The molecule has 0 aliphatic heterocycles. The van der Waals surface area contributed by atoms with Crippen LogP contribution in [0.1, 0.15) is 30.4 Å². The van der Waals surface area contributed by atoms with Gasteiger partial charge in [-0.3, -0.25) is 14.4 Å². The van der Waals surface area contributed by atoms with Crippen LogP contribution in [0.4, 0.5) is 0 Å². The van der Waals surface area contributed by atoms with Gasteiger partial charge in [-0.15, -0.1) is 11.3 Å². The van der Waals surface area contributed by atoms with Crippen LogP contribution < -0.4 is 17.2 Å². The molecular formula is C7H7N3O3S. The van der Waals surface area contributed by atoms with Gasteiger partial charge in [-0.25, -0.2) is 0 Å². The van der Waals surface area contributed by atoms with E-state index >= 15 is 0 Å². The van der Waals surface area contributed by atoms with Crippen molar-refractivity contribution in [1.82, 2.24) is 0 Å². The van der Waals surface area contributed by atoms with Gasteiger partial charge < -0.3 is 17.2 Å². The van der Waals surface area contributed by atoms with E-state index in [0.29, 0.717) is 0 Å². The molecule has 0 atom stereocenters. The first-order valence-electron chi connectivity index (χ1n) is 3.46. The zero-order chi connectivity index (χ0) is 10.9. The lowest BCUT2D eigenvalue weighted by atomic mass is 10.1. The zero-order valence-electron chi connectivity index (χ0n) is 6.94. The van der Waals surface area contributed by atoms with E-state index < -0.39 is 17.7 Å². The minimum Gasteiger partial charge on any atom is -0.366 e. The quantitative estimate of drug-likeness (QED) is 0.598. The molecule has 0 aromatic carbocycles. The third kappa shape index (κ3) is 1.57. The minimum absolute atomic E-state index is 0.0497. The molecular weight excluding hydrogens is 206 g/mol. The summed E-state index contributed by atoms with van der Waals surface area (Å²) in [6.45, 7) is 0. The average molecular weight is 213 g/mol. The van der Waals surface area contributed by atoms with Gasteiger partial charge >= 0.3 is 0 Å². The fraction of sp³-hybridized carbons (Fsp3) is 0. The third-order valence-corrected chi connectivity index (χ3v) is 2.52. The van der Waals surface area contributed by atoms with Crippen molar-refractivity contribution in [1.29, 1.82) is 0 Å². The lowest BCUT2D eigenvalue weighted by Crippen LogP contribution is -2.22. The molecule has 1 heterocycles. The topological polar surface area (TPSA) is 129 Å². The van der Waals surface area contributed by atoms with Crippen LogP contribution in [-0.2, 0) is 0 Å². The van der Waals surface area contributed by atoms with Gasteiger partial charge in [-0.2, -0.15) is 0 Å². The maximum Gasteiger partial charge on any atom is 0.259 e. The highest BCUT2D eigenvalue weighted by Gasteiger charge is 2.22. The molecule has 3 amide bonds. The number of nitrogens with two attached hydrogens (primary N) is 3. The van der Waals surface area contributed by atoms with Crippen LogP contribution in [0.25, 0.3) is 0 Å². The SMILES string of the molecule is NC(=O)c1csc(C(N)=O)c1C(N)=O. The highest BCUT2D eigenvalue weighted by Crippen LogP contribution is 2.21. The summed E-state index contributed by atoms with van der Waals surface area (Å²) < 4.78 is 0. The van der Waals surface area contributed by atoms with Crippen molar-refractivity contribution in [2.24, 2.45) is 17.2 Å². The van der Waals surface area contributed by atoms with Crippen LogP contribution in [-0.4, -0.2) is 17.7 Å². The van der Waals surface area contributed by atoms with Gasteiger partial charge in [0.1, 0.15) is 4.88 Å². The summed E-state index contributed by atoms with van der Waals surface area (Å²) in [6, 6.07) is 0. The molecule has 0 fully saturated rings. The van der Waals surface area contributed by atoms with Crippen molar-refractivity contribution in [3.05, 3.63) is 21.4 Å². The van der Waals surface area contributed by atoms with E-state index in [0.717, 1.165) is 11.3 Å². The molecule has 6 N–H and O–H groups in total. The van der Waals surface area contributed by atoms with E-state index in [1.54, 1.807) is 0 Å². The Bertz CT molecular complexity index is 392. The minimum atomic E-state index is -0.895. The van der Waals surface area contributed by atoms with Crippen molar-refractivity contribution in [3.63, 3.8) is 0 Å². The smallest absolute Gasteiger partial charge is 0.259 e. The average Bonchev–Trinajstić information content (AvgIpc) is 2.46. The molecule has 1 aromatic heterocycles. The second-order valence-electron chi connectivity index (χ2n) is 2.45. The second-order valence-corrected chi connectivity index (χ2v) is 3.33. The Morgan fingerprint density at radius 1 is 1.00 bits per heavy atom. The number of thiophene rings is 1. The van der Waals surface area contributed by atoms with Crippen molar-refractivity contribution in [2.75, 3.05) is 0 Å². The van der Waals surface area contributed by atoms with Gasteiger partial charge in [0.15, 0.2) is 0 Å². The number of rotatable bonds is 3. The summed E-state index contributed by atoms with van der Waals surface area (Å²) >= 11 is 0.865. The Kier molecular flexibility index (Phi) is 2.52. The maximum atomic E-state index is 10.9. The lowest BCUT2D eigenvalue weighted by Gasteiger charge is -1.97. The molecule has 0 radical (unpaired) electrons. The van der Waals surface area contributed by atoms with Crippen molar-refractivity contribution < 1.29 is 14.4 Å². The number of amides is 3. The first-order chi connectivity index (χ1) is 6.45. The Hall–Kier alpha value is -1.89. The maximum absolute atomic E-state index is 10.9. The van der Waals surface area contributed by atoms with Gasteiger partial charge in [0.05, 0.1) is 11.1 Å². The van der Waals surface area contributed by atoms with Gasteiger partial charge in [0.25, 0.3) is 11.8 Å². The summed E-state index contributed by atoms with van der Waals surface area (Å²) in [5.74, 6) is -2.52. The van der Waals surface area contributed by atoms with Crippen LogP contribution in [0, 0.1) is 0 Å². The standard InChI is InChI=1S/C7H7N3O3S/c8-5(11)2-1-14-4(7(10)13)3(2)6(9)12/h1H,(H2,8,11)(H2,9,12)(H2,10,13). The molecule has 0 saturated heterocycles. The Balaban J connectivity index is 3.42.